The van der Waals surface area contributed by atoms with Crippen molar-refractivity contribution in [2.24, 2.45) is 0 Å². The molecule has 33 heavy (non-hydrogen) atoms. The Hall–Kier alpha value is -2.54. The molecule has 1 aromatic carbocycles. The van der Waals surface area contributed by atoms with Gasteiger partial charge in [0.05, 0.1) is 11.6 Å². The Morgan fingerprint density at radius 2 is 1.94 bits per heavy atom. The van der Waals surface area contributed by atoms with Gasteiger partial charge in [-0.2, -0.15) is 0 Å². The first-order valence-electron chi connectivity index (χ1n) is 12.4. The molecule has 1 saturated carbocycles. The third-order valence-corrected chi connectivity index (χ3v) is 6.86. The average Bonchev–Trinajstić information content (AvgIpc) is 3.27. The predicted molar refractivity (Wildman–Crippen MR) is 132 cm³/mol. The number of fused-ring (bicyclic) bond motifs is 1. The van der Waals surface area contributed by atoms with E-state index in [-0.39, 0.29) is 17.1 Å². The molecule has 7 nitrogen and oxygen atoms in total. The van der Waals surface area contributed by atoms with Crippen molar-refractivity contribution in [3.8, 4) is 0 Å². The maximum Gasteiger partial charge on any atom is 0.252 e. The van der Waals surface area contributed by atoms with E-state index in [0.717, 1.165) is 53.5 Å². The van der Waals surface area contributed by atoms with Crippen molar-refractivity contribution in [2.75, 3.05) is 0 Å². The first kappa shape index (κ1) is 23.6. The Morgan fingerprint density at radius 1 is 1.18 bits per heavy atom. The van der Waals surface area contributed by atoms with Crippen molar-refractivity contribution >= 4 is 10.9 Å². The van der Waals surface area contributed by atoms with E-state index in [4.69, 9.17) is 0 Å². The predicted octanol–water partition coefficient (Wildman–Crippen LogP) is 5.25. The Kier molecular flexibility index (Phi) is 6.98. The normalized spacial score (nSPS) is 16.5. The molecule has 0 saturated heterocycles. The third kappa shape index (κ3) is 5.18. The summed E-state index contributed by atoms with van der Waals surface area (Å²) in [7, 11) is 0. The molecule has 1 unspecified atom stereocenters. The summed E-state index contributed by atoms with van der Waals surface area (Å²) < 4.78 is 1.97. The van der Waals surface area contributed by atoms with Gasteiger partial charge in [-0.3, -0.25) is 9.69 Å². The standard InChI is InChI=1S/C26H38N6O/c1-6-10-23(24-28-29-30-32(24)26(3,4)5)31(21-11-8-7-9-12-21)17-20-16-19-14-13-18(2)15-22(19)27-25(20)33/h13-16,21,23H,6-12,17H2,1-5H3,(H,27,33). The molecular formula is C26H38N6O. The first-order chi connectivity index (χ1) is 15.8. The molecule has 0 bridgehead atoms. The number of aromatic nitrogens is 5. The molecule has 1 aliphatic rings. The molecule has 7 heteroatoms. The topological polar surface area (TPSA) is 79.7 Å². The summed E-state index contributed by atoms with van der Waals surface area (Å²) in [5, 5.41) is 14.0. The van der Waals surface area contributed by atoms with Crippen molar-refractivity contribution < 1.29 is 0 Å². The second-order valence-corrected chi connectivity index (χ2v) is 10.6. The van der Waals surface area contributed by atoms with Crippen LogP contribution in [0.25, 0.3) is 10.9 Å². The fourth-order valence-electron chi connectivity index (χ4n) is 5.18. The number of pyridine rings is 1. The lowest BCUT2D eigenvalue weighted by Crippen LogP contribution is -2.42. The van der Waals surface area contributed by atoms with Crippen LogP contribution in [0.3, 0.4) is 0 Å². The van der Waals surface area contributed by atoms with Crippen molar-refractivity contribution in [3.05, 3.63) is 51.6 Å². The summed E-state index contributed by atoms with van der Waals surface area (Å²) >= 11 is 0. The lowest BCUT2D eigenvalue weighted by atomic mass is 9.91. The van der Waals surface area contributed by atoms with Crippen molar-refractivity contribution in [1.82, 2.24) is 30.1 Å². The van der Waals surface area contributed by atoms with Crippen LogP contribution in [0.5, 0.6) is 0 Å². The van der Waals surface area contributed by atoms with E-state index in [9.17, 15) is 4.79 Å². The van der Waals surface area contributed by atoms with Gasteiger partial charge in [0, 0.05) is 23.7 Å². The van der Waals surface area contributed by atoms with Crippen LogP contribution >= 0.6 is 0 Å². The Morgan fingerprint density at radius 3 is 2.64 bits per heavy atom. The second kappa shape index (κ2) is 9.75. The number of rotatable bonds is 7. The van der Waals surface area contributed by atoms with E-state index in [0.29, 0.717) is 12.6 Å². The number of hydrogen-bond donors (Lipinski definition) is 1. The highest BCUT2D eigenvalue weighted by Crippen LogP contribution is 2.34. The van der Waals surface area contributed by atoms with E-state index in [2.05, 4.69) is 71.3 Å². The molecule has 3 aromatic rings. The third-order valence-electron chi connectivity index (χ3n) is 6.86. The lowest BCUT2D eigenvalue weighted by molar-refractivity contribution is 0.0779. The molecular weight excluding hydrogens is 412 g/mol. The Bertz CT molecular complexity index is 1140. The van der Waals surface area contributed by atoms with E-state index in [1.807, 2.05) is 17.7 Å². The lowest BCUT2D eigenvalue weighted by Gasteiger charge is -2.40. The number of nitrogens with zero attached hydrogens (tertiary/aromatic N) is 5. The second-order valence-electron chi connectivity index (χ2n) is 10.6. The monoisotopic (exact) mass is 450 g/mol. The minimum absolute atomic E-state index is 0.000397. The summed E-state index contributed by atoms with van der Waals surface area (Å²) in [6.45, 7) is 11.3. The minimum Gasteiger partial charge on any atom is -0.322 e. The van der Waals surface area contributed by atoms with Crippen LogP contribution in [0.15, 0.2) is 29.1 Å². The molecule has 1 N–H and O–H groups in total. The summed E-state index contributed by atoms with van der Waals surface area (Å²) in [6, 6.07) is 8.80. The van der Waals surface area contributed by atoms with Gasteiger partial charge in [0.2, 0.25) is 0 Å². The number of benzene rings is 1. The molecule has 0 radical (unpaired) electrons. The van der Waals surface area contributed by atoms with E-state index < -0.39 is 0 Å². The fraction of sp³-hybridized carbons (Fsp3) is 0.615. The first-order valence-corrected chi connectivity index (χ1v) is 12.4. The highest BCUT2D eigenvalue weighted by Gasteiger charge is 2.34. The molecule has 2 heterocycles. The van der Waals surface area contributed by atoms with Gasteiger partial charge in [0.15, 0.2) is 5.82 Å². The number of H-pyrrole nitrogens is 1. The van der Waals surface area contributed by atoms with Crippen LogP contribution < -0.4 is 5.56 Å². The van der Waals surface area contributed by atoms with E-state index in [1.54, 1.807) is 0 Å². The molecule has 178 valence electrons. The van der Waals surface area contributed by atoms with Gasteiger partial charge in [-0.15, -0.1) is 5.10 Å². The summed E-state index contributed by atoms with van der Waals surface area (Å²) in [5.41, 5.74) is 2.65. The van der Waals surface area contributed by atoms with Crippen molar-refractivity contribution in [1.29, 1.82) is 0 Å². The zero-order valence-electron chi connectivity index (χ0n) is 20.8. The van der Waals surface area contributed by atoms with Gasteiger partial charge >= 0.3 is 0 Å². The highest BCUT2D eigenvalue weighted by atomic mass is 16.1. The fourth-order valence-corrected chi connectivity index (χ4v) is 5.18. The number of tetrazole rings is 1. The van der Waals surface area contributed by atoms with Crippen LogP contribution in [-0.2, 0) is 12.1 Å². The molecule has 4 rings (SSSR count). The largest absolute Gasteiger partial charge is 0.322 e. The van der Waals surface area contributed by atoms with Gasteiger partial charge in [0.1, 0.15) is 0 Å². The van der Waals surface area contributed by atoms with Gasteiger partial charge in [-0.05, 0) is 80.5 Å². The van der Waals surface area contributed by atoms with Gasteiger partial charge in [0.25, 0.3) is 5.56 Å². The summed E-state index contributed by atoms with van der Waals surface area (Å²) in [4.78, 5) is 18.8. The summed E-state index contributed by atoms with van der Waals surface area (Å²) in [6.07, 6.45) is 8.05. The van der Waals surface area contributed by atoms with Crippen LogP contribution in [0.2, 0.25) is 0 Å². The smallest absolute Gasteiger partial charge is 0.252 e. The number of aromatic amines is 1. The summed E-state index contributed by atoms with van der Waals surface area (Å²) in [5.74, 6) is 0.905. The maximum atomic E-state index is 13.1. The van der Waals surface area contributed by atoms with Gasteiger partial charge < -0.3 is 4.98 Å². The number of hydrogen-bond acceptors (Lipinski definition) is 5. The van der Waals surface area contributed by atoms with Crippen LogP contribution in [-0.4, -0.2) is 36.1 Å². The Labute approximate surface area is 196 Å². The van der Waals surface area contributed by atoms with Crippen molar-refractivity contribution in [2.45, 2.75) is 104 Å². The number of aryl methyl sites for hydroxylation is 1. The molecule has 1 atom stereocenters. The number of nitrogens with one attached hydrogen (secondary N) is 1. The SMILES string of the molecule is CCCC(c1nnnn1C(C)(C)C)N(Cc1cc2ccc(C)cc2[nH]c1=O)C1CCCCC1. The quantitative estimate of drug-likeness (QED) is 0.531. The average molecular weight is 451 g/mol. The van der Waals surface area contributed by atoms with Crippen LogP contribution in [0, 0.1) is 6.92 Å². The van der Waals surface area contributed by atoms with Gasteiger partial charge in [-0.1, -0.05) is 44.7 Å². The zero-order valence-corrected chi connectivity index (χ0v) is 20.8. The minimum atomic E-state index is -0.207. The highest BCUT2D eigenvalue weighted by molar-refractivity contribution is 5.79. The zero-order chi connectivity index (χ0) is 23.6. The van der Waals surface area contributed by atoms with E-state index in [1.165, 1.54) is 19.3 Å². The van der Waals surface area contributed by atoms with Gasteiger partial charge in [-0.25, -0.2) is 4.68 Å². The van der Waals surface area contributed by atoms with Crippen LogP contribution in [0.1, 0.15) is 95.6 Å². The van der Waals surface area contributed by atoms with Crippen molar-refractivity contribution in [3.63, 3.8) is 0 Å². The molecule has 1 fully saturated rings. The van der Waals surface area contributed by atoms with E-state index >= 15 is 0 Å². The molecule has 0 spiro atoms. The molecule has 1 aliphatic carbocycles. The Balaban J connectivity index is 1.77. The molecule has 0 amide bonds. The molecule has 2 aromatic heterocycles. The molecule has 0 aliphatic heterocycles. The van der Waals surface area contributed by atoms with Crippen LogP contribution in [0.4, 0.5) is 0 Å². The maximum absolute atomic E-state index is 13.1.